The van der Waals surface area contributed by atoms with Crippen LogP contribution in [0.5, 0.6) is 5.75 Å². The molecule has 0 heterocycles. The fourth-order valence-corrected chi connectivity index (χ4v) is 4.72. The summed E-state index contributed by atoms with van der Waals surface area (Å²) in [5, 5.41) is 16.0. The minimum absolute atomic E-state index is 0.0151. The quantitative estimate of drug-likeness (QED) is 0.220. The molecule has 0 amide bonds. The summed E-state index contributed by atoms with van der Waals surface area (Å²) in [7, 11) is -0.542. The number of nitrogens with zero attached hydrogens (tertiary/aromatic N) is 1. The van der Waals surface area contributed by atoms with E-state index in [1.165, 1.54) is 19.2 Å². The normalized spacial score (nSPS) is 12.8. The molecule has 0 bridgehead atoms. The molecular formula is C21H22ClN3O7S. The van der Waals surface area contributed by atoms with Crippen LogP contribution in [0.1, 0.15) is 11.6 Å². The van der Waals surface area contributed by atoms with Crippen molar-refractivity contribution in [3.05, 3.63) is 73.5 Å². The monoisotopic (exact) mass is 495 g/mol. The van der Waals surface area contributed by atoms with Gasteiger partial charge in [-0.3, -0.25) is 14.4 Å². The fourth-order valence-electron chi connectivity index (χ4n) is 3.15. The van der Waals surface area contributed by atoms with E-state index in [1.807, 2.05) is 30.3 Å². The standard InChI is InChI=1S/C21H22ClN3O7S/c1-25(32-3)33(29,30)21-13(22)9-10-14(18(21)26)23-16-17(20(28)19(16)27)24-15(11-31-2)12-7-5-4-6-8-12/h4-10,15,23-24,26H,11H2,1-3H3/t15-/m1/s1. The van der Waals surface area contributed by atoms with E-state index in [0.717, 1.165) is 19.7 Å². The first kappa shape index (κ1) is 24.7. The number of methoxy groups -OCH3 is 1. The Labute approximate surface area is 195 Å². The van der Waals surface area contributed by atoms with Crippen LogP contribution in [0.15, 0.2) is 56.9 Å². The zero-order valence-electron chi connectivity index (χ0n) is 18.0. The van der Waals surface area contributed by atoms with Crippen LogP contribution in [-0.2, 0) is 19.6 Å². The second-order valence-electron chi connectivity index (χ2n) is 6.97. The molecular weight excluding hydrogens is 474 g/mol. The van der Waals surface area contributed by atoms with Crippen molar-refractivity contribution in [2.24, 2.45) is 0 Å². The van der Waals surface area contributed by atoms with E-state index in [9.17, 15) is 23.1 Å². The third-order valence-corrected chi connectivity index (χ3v) is 7.14. The summed E-state index contributed by atoms with van der Waals surface area (Å²) < 4.78 is 31.0. The topological polar surface area (TPSA) is 134 Å². The number of phenols is 1. The molecule has 33 heavy (non-hydrogen) atoms. The number of halogens is 1. The molecule has 3 aromatic rings. The number of hydrogen-bond acceptors (Lipinski definition) is 9. The van der Waals surface area contributed by atoms with Crippen LogP contribution in [0.25, 0.3) is 0 Å². The Kier molecular flexibility index (Phi) is 7.40. The Hall–Kier alpha value is -2.96. The molecule has 1 atom stereocenters. The number of rotatable bonds is 10. The van der Waals surface area contributed by atoms with Gasteiger partial charge in [-0.25, -0.2) is 8.42 Å². The Morgan fingerprint density at radius 3 is 2.30 bits per heavy atom. The largest absolute Gasteiger partial charge is 0.504 e. The van der Waals surface area contributed by atoms with Crippen LogP contribution in [0, 0.1) is 0 Å². The summed E-state index contributed by atoms with van der Waals surface area (Å²) in [4.78, 5) is 28.6. The van der Waals surface area contributed by atoms with E-state index in [4.69, 9.17) is 21.2 Å². The number of nitrogens with one attached hydrogen (secondary N) is 2. The molecule has 0 radical (unpaired) electrons. The maximum Gasteiger partial charge on any atom is 0.269 e. The Bertz CT molecular complexity index is 1320. The van der Waals surface area contributed by atoms with Gasteiger partial charge in [0, 0.05) is 14.2 Å². The molecule has 0 aliphatic heterocycles. The minimum atomic E-state index is -4.31. The molecule has 10 nitrogen and oxygen atoms in total. The average Bonchev–Trinajstić information content (AvgIpc) is 2.81. The van der Waals surface area contributed by atoms with Crippen molar-refractivity contribution < 1.29 is 23.1 Å². The zero-order chi connectivity index (χ0) is 24.3. The van der Waals surface area contributed by atoms with Crippen molar-refractivity contribution in [3.63, 3.8) is 0 Å². The van der Waals surface area contributed by atoms with Crippen LogP contribution in [0.4, 0.5) is 17.1 Å². The predicted octanol–water partition coefficient (Wildman–Crippen LogP) is 2.37. The van der Waals surface area contributed by atoms with Gasteiger partial charge in [-0.1, -0.05) is 46.4 Å². The summed E-state index contributed by atoms with van der Waals surface area (Å²) in [5.41, 5.74) is -1.04. The molecule has 0 unspecified atom stereocenters. The van der Waals surface area contributed by atoms with Gasteiger partial charge in [-0.2, -0.15) is 0 Å². The third-order valence-electron chi connectivity index (χ3n) is 4.96. The number of aromatic hydroxyl groups is 1. The molecule has 3 rings (SSSR count). The maximum absolute atomic E-state index is 12.7. The van der Waals surface area contributed by atoms with E-state index in [1.54, 1.807) is 0 Å². The van der Waals surface area contributed by atoms with Crippen molar-refractivity contribution in [1.29, 1.82) is 0 Å². The fraction of sp³-hybridized carbons (Fsp3) is 0.238. The van der Waals surface area contributed by atoms with Crippen molar-refractivity contribution in [2.45, 2.75) is 10.9 Å². The van der Waals surface area contributed by atoms with E-state index < -0.39 is 37.6 Å². The van der Waals surface area contributed by atoms with Crippen molar-refractivity contribution >= 4 is 38.7 Å². The van der Waals surface area contributed by atoms with Crippen LogP contribution >= 0.6 is 11.6 Å². The number of sulfonamides is 1. The van der Waals surface area contributed by atoms with Crippen molar-refractivity contribution in [2.75, 3.05) is 38.5 Å². The molecule has 0 aromatic heterocycles. The van der Waals surface area contributed by atoms with E-state index >= 15 is 0 Å². The molecule has 0 aliphatic carbocycles. The molecule has 3 aromatic carbocycles. The van der Waals surface area contributed by atoms with E-state index in [2.05, 4.69) is 10.6 Å². The molecule has 176 valence electrons. The summed E-state index contributed by atoms with van der Waals surface area (Å²) in [5.74, 6) is -0.734. The zero-order valence-corrected chi connectivity index (χ0v) is 19.5. The molecule has 0 fully saturated rings. The van der Waals surface area contributed by atoms with Crippen molar-refractivity contribution in [1.82, 2.24) is 4.47 Å². The summed E-state index contributed by atoms with van der Waals surface area (Å²) >= 11 is 6.01. The van der Waals surface area contributed by atoms with Gasteiger partial charge in [-0.15, -0.1) is 0 Å². The van der Waals surface area contributed by atoms with Gasteiger partial charge in [0.05, 0.1) is 30.5 Å². The Balaban J connectivity index is 1.98. The predicted molar refractivity (Wildman–Crippen MR) is 124 cm³/mol. The Morgan fingerprint density at radius 2 is 1.70 bits per heavy atom. The molecule has 0 saturated carbocycles. The van der Waals surface area contributed by atoms with E-state index in [0.29, 0.717) is 4.47 Å². The molecule has 0 spiro atoms. The number of hydrogen-bond donors (Lipinski definition) is 3. The summed E-state index contributed by atoms with van der Waals surface area (Å²) in [6, 6.07) is 11.2. The van der Waals surface area contributed by atoms with Gasteiger partial charge in [0.25, 0.3) is 20.9 Å². The molecule has 12 heteroatoms. The summed E-state index contributed by atoms with van der Waals surface area (Å²) in [6.07, 6.45) is 0. The lowest BCUT2D eigenvalue weighted by Crippen LogP contribution is -2.38. The second-order valence-corrected chi connectivity index (χ2v) is 9.25. The highest BCUT2D eigenvalue weighted by Gasteiger charge is 2.31. The number of phenolic OH excluding ortho intramolecular Hbond substituents is 1. The van der Waals surface area contributed by atoms with Gasteiger partial charge in [-0.05, 0) is 17.7 Å². The van der Waals surface area contributed by atoms with E-state index in [-0.39, 0.29) is 28.7 Å². The number of hydroxylamine groups is 1. The Morgan fingerprint density at radius 1 is 1.06 bits per heavy atom. The highest BCUT2D eigenvalue weighted by Crippen LogP contribution is 2.40. The number of anilines is 3. The molecule has 0 saturated heterocycles. The molecule has 3 N–H and O–H groups in total. The SMILES string of the molecule is COC[C@@H](Nc1c(Nc2ccc(Cl)c(S(=O)(=O)N(C)OC)c2O)c(=O)c1=O)c1ccccc1. The van der Waals surface area contributed by atoms with Gasteiger partial charge in [0.1, 0.15) is 16.3 Å². The lowest BCUT2D eigenvalue weighted by Gasteiger charge is -2.23. The first-order chi connectivity index (χ1) is 15.6. The van der Waals surface area contributed by atoms with Gasteiger partial charge >= 0.3 is 0 Å². The highest BCUT2D eigenvalue weighted by atomic mass is 35.5. The van der Waals surface area contributed by atoms with Crippen LogP contribution < -0.4 is 21.5 Å². The first-order valence-electron chi connectivity index (χ1n) is 9.58. The van der Waals surface area contributed by atoms with Gasteiger partial charge in [0.2, 0.25) is 0 Å². The van der Waals surface area contributed by atoms with Gasteiger partial charge < -0.3 is 20.5 Å². The average molecular weight is 496 g/mol. The smallest absolute Gasteiger partial charge is 0.269 e. The number of benzene rings is 2. The lowest BCUT2D eigenvalue weighted by atomic mass is 10.1. The lowest BCUT2D eigenvalue weighted by molar-refractivity contribution is -0.0259. The number of ether oxygens (including phenoxy) is 1. The van der Waals surface area contributed by atoms with Crippen LogP contribution in [-0.4, -0.2) is 45.9 Å². The first-order valence-corrected chi connectivity index (χ1v) is 11.4. The summed E-state index contributed by atoms with van der Waals surface area (Å²) in [6.45, 7) is 0.209. The maximum atomic E-state index is 12.7. The van der Waals surface area contributed by atoms with Gasteiger partial charge in [0.15, 0.2) is 5.75 Å². The second kappa shape index (κ2) is 9.89. The minimum Gasteiger partial charge on any atom is -0.504 e. The highest BCUT2D eigenvalue weighted by molar-refractivity contribution is 7.89. The molecule has 0 aliphatic rings. The third kappa shape index (κ3) is 4.72. The van der Waals surface area contributed by atoms with Crippen LogP contribution in [0.2, 0.25) is 5.02 Å². The van der Waals surface area contributed by atoms with Crippen molar-refractivity contribution in [3.8, 4) is 5.75 Å². The van der Waals surface area contributed by atoms with Crippen LogP contribution in [0.3, 0.4) is 0 Å².